The summed E-state index contributed by atoms with van der Waals surface area (Å²) in [4.78, 5) is 12.5. The van der Waals surface area contributed by atoms with Gasteiger partial charge in [0.05, 0.1) is 13.2 Å². The topological polar surface area (TPSA) is 196 Å². The summed E-state index contributed by atoms with van der Waals surface area (Å²) < 4.78 is 21.8. The standard InChI is InChI=1S/C34H62O12/c1-2-3-4-5-6-7-8-9-10-11-12-13-14-15-16-17-18-19-20-21-27(37)43-24-34(32(42)29(39)26(23-36)45-34)46-33-31(41)30(40)28(38)25(22-35)44-33/h9-10,25-26,28-33,35-36,38-42H,2-8,11-24H2,1H3/b10-9-/t25-,26-,28-,29-,30+,31-,32+,33-,34+/m1/s1. The van der Waals surface area contributed by atoms with Crippen LogP contribution in [0, 0.1) is 0 Å². The van der Waals surface area contributed by atoms with E-state index in [1.54, 1.807) is 0 Å². The van der Waals surface area contributed by atoms with Crippen molar-refractivity contribution in [3.05, 3.63) is 12.2 Å². The molecule has 9 atom stereocenters. The van der Waals surface area contributed by atoms with E-state index in [9.17, 15) is 40.5 Å². The molecule has 0 radical (unpaired) electrons. The van der Waals surface area contributed by atoms with E-state index in [1.807, 2.05) is 0 Å². The fourth-order valence-electron chi connectivity index (χ4n) is 5.92. The lowest BCUT2D eigenvalue weighted by molar-refractivity contribution is -0.383. The lowest BCUT2D eigenvalue weighted by Gasteiger charge is -2.43. The quantitative estimate of drug-likeness (QED) is 0.0430. The highest BCUT2D eigenvalue weighted by Crippen LogP contribution is 2.36. The van der Waals surface area contributed by atoms with E-state index in [0.717, 1.165) is 19.3 Å². The molecule has 46 heavy (non-hydrogen) atoms. The first-order valence-electron chi connectivity index (χ1n) is 17.6. The SMILES string of the molecule is CCCCCCCC/C=C\CCCCCCCCCCCC(=O)OC[C@@]1(O[C@H]2O[C@H](CO)[C@@H](O)[C@H](O)[C@H]2O)O[C@H](CO)[C@@H](O)[C@@H]1O. The number of ether oxygens (including phenoxy) is 4. The van der Waals surface area contributed by atoms with E-state index < -0.39 is 80.6 Å². The highest BCUT2D eigenvalue weighted by atomic mass is 16.8. The van der Waals surface area contributed by atoms with E-state index in [1.165, 1.54) is 83.5 Å². The highest BCUT2D eigenvalue weighted by molar-refractivity contribution is 5.69. The van der Waals surface area contributed by atoms with Crippen molar-refractivity contribution in [1.82, 2.24) is 0 Å². The normalized spacial score (nSPS) is 31.6. The van der Waals surface area contributed by atoms with Crippen molar-refractivity contribution in [3.63, 3.8) is 0 Å². The van der Waals surface area contributed by atoms with Gasteiger partial charge in [0.2, 0.25) is 5.79 Å². The molecule has 12 heteroatoms. The lowest BCUT2D eigenvalue weighted by Crippen LogP contribution is -2.62. The summed E-state index contributed by atoms with van der Waals surface area (Å²) in [6, 6.07) is 0. The maximum absolute atomic E-state index is 12.5. The van der Waals surface area contributed by atoms with Gasteiger partial charge in [-0.25, -0.2) is 0 Å². The van der Waals surface area contributed by atoms with Crippen LogP contribution in [-0.4, -0.2) is 116 Å². The number of rotatable bonds is 25. The molecule has 0 aromatic rings. The minimum atomic E-state index is -2.25. The van der Waals surface area contributed by atoms with E-state index in [0.29, 0.717) is 6.42 Å². The molecular formula is C34H62O12. The molecule has 0 spiro atoms. The van der Waals surface area contributed by atoms with Crippen LogP contribution in [0.2, 0.25) is 0 Å². The summed E-state index contributed by atoms with van der Waals surface area (Å²) in [5, 5.41) is 70.6. The molecule has 2 rings (SSSR count). The second-order valence-corrected chi connectivity index (χ2v) is 12.8. The molecule has 7 N–H and O–H groups in total. The number of aliphatic hydroxyl groups excluding tert-OH is 7. The fraction of sp³-hybridized carbons (Fsp3) is 0.912. The number of hydrogen-bond donors (Lipinski definition) is 7. The largest absolute Gasteiger partial charge is 0.460 e. The van der Waals surface area contributed by atoms with Crippen molar-refractivity contribution in [2.75, 3.05) is 19.8 Å². The van der Waals surface area contributed by atoms with Crippen molar-refractivity contribution < 1.29 is 59.5 Å². The highest BCUT2D eigenvalue weighted by Gasteiger charge is 2.59. The zero-order chi connectivity index (χ0) is 33.8. The van der Waals surface area contributed by atoms with E-state index >= 15 is 0 Å². The van der Waals surface area contributed by atoms with Gasteiger partial charge < -0.3 is 54.7 Å². The predicted molar refractivity (Wildman–Crippen MR) is 170 cm³/mol. The number of allylic oxidation sites excluding steroid dienone is 2. The van der Waals surface area contributed by atoms with Crippen LogP contribution in [-0.2, 0) is 23.7 Å². The summed E-state index contributed by atoms with van der Waals surface area (Å²) in [6.07, 6.45) is 11.9. The zero-order valence-corrected chi connectivity index (χ0v) is 27.8. The van der Waals surface area contributed by atoms with E-state index in [2.05, 4.69) is 19.1 Å². The van der Waals surface area contributed by atoms with Crippen LogP contribution in [0.1, 0.15) is 122 Å². The Balaban J connectivity index is 1.61. The van der Waals surface area contributed by atoms with Crippen LogP contribution in [0.3, 0.4) is 0 Å². The Bertz CT molecular complexity index is 826. The average Bonchev–Trinajstić information content (AvgIpc) is 3.29. The van der Waals surface area contributed by atoms with Crippen LogP contribution >= 0.6 is 0 Å². The van der Waals surface area contributed by atoms with Gasteiger partial charge >= 0.3 is 5.97 Å². The van der Waals surface area contributed by atoms with Crippen LogP contribution in [0.5, 0.6) is 0 Å². The Morgan fingerprint density at radius 2 is 1.20 bits per heavy atom. The number of hydrogen-bond acceptors (Lipinski definition) is 12. The van der Waals surface area contributed by atoms with Crippen LogP contribution in [0.15, 0.2) is 12.2 Å². The maximum Gasteiger partial charge on any atom is 0.305 e. The molecule has 0 bridgehead atoms. The van der Waals surface area contributed by atoms with Gasteiger partial charge in [-0.1, -0.05) is 96.1 Å². The third-order valence-electron chi connectivity index (χ3n) is 8.93. The molecule has 2 saturated heterocycles. The van der Waals surface area contributed by atoms with Gasteiger partial charge in [-0.15, -0.1) is 0 Å². The summed E-state index contributed by atoms with van der Waals surface area (Å²) in [5.74, 6) is -2.84. The first-order chi connectivity index (χ1) is 22.2. The number of esters is 1. The lowest BCUT2D eigenvalue weighted by atomic mass is 9.99. The zero-order valence-electron chi connectivity index (χ0n) is 27.8. The average molecular weight is 663 g/mol. The predicted octanol–water partition coefficient (Wildman–Crippen LogP) is 2.75. The van der Waals surface area contributed by atoms with Crippen molar-refractivity contribution in [1.29, 1.82) is 0 Å². The molecule has 0 aliphatic carbocycles. The van der Waals surface area contributed by atoms with Crippen LogP contribution in [0.25, 0.3) is 0 Å². The Hall–Kier alpha value is -1.19. The number of carbonyl (C=O) groups excluding carboxylic acids is 1. The number of aliphatic hydroxyl groups is 7. The Morgan fingerprint density at radius 1 is 0.674 bits per heavy atom. The molecule has 12 nitrogen and oxygen atoms in total. The molecule has 0 unspecified atom stereocenters. The van der Waals surface area contributed by atoms with E-state index in [4.69, 9.17) is 18.9 Å². The summed E-state index contributed by atoms with van der Waals surface area (Å²) >= 11 is 0. The minimum Gasteiger partial charge on any atom is -0.460 e. The van der Waals surface area contributed by atoms with Gasteiger partial charge in [0.1, 0.15) is 49.3 Å². The van der Waals surface area contributed by atoms with Crippen molar-refractivity contribution in [2.45, 2.75) is 177 Å². The summed E-state index contributed by atoms with van der Waals surface area (Å²) in [6.45, 7) is 0.139. The molecule has 0 aromatic carbocycles. The Kier molecular flexibility index (Phi) is 20.7. The molecule has 2 aliphatic rings. The van der Waals surface area contributed by atoms with Crippen LogP contribution < -0.4 is 0 Å². The molecule has 2 aliphatic heterocycles. The third-order valence-corrected chi connectivity index (χ3v) is 8.93. The Morgan fingerprint density at radius 3 is 1.72 bits per heavy atom. The summed E-state index contributed by atoms with van der Waals surface area (Å²) in [5.41, 5.74) is 0. The monoisotopic (exact) mass is 662 g/mol. The van der Waals surface area contributed by atoms with Gasteiger partial charge in [0, 0.05) is 6.42 Å². The fourth-order valence-corrected chi connectivity index (χ4v) is 5.92. The molecular weight excluding hydrogens is 600 g/mol. The number of carbonyl (C=O) groups is 1. The van der Waals surface area contributed by atoms with Crippen LogP contribution in [0.4, 0.5) is 0 Å². The first-order valence-corrected chi connectivity index (χ1v) is 17.6. The van der Waals surface area contributed by atoms with Gasteiger partial charge in [-0.2, -0.15) is 0 Å². The second kappa shape index (κ2) is 23.2. The van der Waals surface area contributed by atoms with E-state index in [-0.39, 0.29) is 6.42 Å². The smallest absolute Gasteiger partial charge is 0.305 e. The second-order valence-electron chi connectivity index (χ2n) is 12.8. The molecule has 270 valence electrons. The minimum absolute atomic E-state index is 0.116. The third kappa shape index (κ3) is 13.7. The van der Waals surface area contributed by atoms with Crippen molar-refractivity contribution in [3.8, 4) is 0 Å². The first kappa shape index (κ1) is 41.0. The van der Waals surface area contributed by atoms with Gasteiger partial charge in [0.25, 0.3) is 0 Å². The van der Waals surface area contributed by atoms with Gasteiger partial charge in [0.15, 0.2) is 6.29 Å². The number of unbranched alkanes of at least 4 members (excludes halogenated alkanes) is 15. The van der Waals surface area contributed by atoms with Gasteiger partial charge in [-0.05, 0) is 32.1 Å². The van der Waals surface area contributed by atoms with Gasteiger partial charge in [-0.3, -0.25) is 4.79 Å². The molecule has 0 saturated carbocycles. The molecule has 2 heterocycles. The summed E-state index contributed by atoms with van der Waals surface area (Å²) in [7, 11) is 0. The Labute approximate surface area is 274 Å². The molecule has 0 amide bonds. The maximum atomic E-state index is 12.5. The molecule has 0 aromatic heterocycles. The molecule has 2 fully saturated rings. The van der Waals surface area contributed by atoms with Crippen molar-refractivity contribution in [2.24, 2.45) is 0 Å². The van der Waals surface area contributed by atoms with Crippen molar-refractivity contribution >= 4 is 5.97 Å².